The Balaban J connectivity index is 1.43. The van der Waals surface area contributed by atoms with Crippen molar-refractivity contribution in [2.24, 2.45) is 0 Å². The normalized spacial score (nSPS) is 10.7. The van der Waals surface area contributed by atoms with Crippen molar-refractivity contribution in [3.8, 4) is 28.1 Å². The Labute approximate surface area is 227 Å². The zero-order chi connectivity index (χ0) is 27.2. The van der Waals surface area contributed by atoms with Crippen molar-refractivity contribution in [1.82, 2.24) is 20.1 Å². The highest BCUT2D eigenvalue weighted by atomic mass is 16.2. The van der Waals surface area contributed by atoms with Crippen molar-refractivity contribution in [1.29, 1.82) is 0 Å². The number of benzene rings is 3. The van der Waals surface area contributed by atoms with Crippen molar-refractivity contribution < 1.29 is 9.59 Å². The van der Waals surface area contributed by atoms with E-state index in [1.807, 2.05) is 35.0 Å². The van der Waals surface area contributed by atoms with Gasteiger partial charge in [-0.1, -0.05) is 54.1 Å². The van der Waals surface area contributed by atoms with Crippen LogP contribution in [0.3, 0.4) is 0 Å². The summed E-state index contributed by atoms with van der Waals surface area (Å²) in [7, 11) is 1.64. The lowest BCUT2D eigenvalue weighted by atomic mass is 10.0. The number of carbonyl (C=O) groups excluding carboxylic acids is 2. The molecule has 0 unspecified atom stereocenters. The molecule has 0 aliphatic carbocycles. The van der Waals surface area contributed by atoms with Gasteiger partial charge in [0.15, 0.2) is 0 Å². The number of pyridine rings is 1. The summed E-state index contributed by atoms with van der Waals surface area (Å²) in [6.07, 6.45) is 4.05. The SMILES string of the molecule is CNC(=O)CCc1cc(-c2ccc(-c3ccc(C)cc3)cc2)n(-c2ccc(NC(=O)c3cccnc3)cc2)n1. The molecule has 0 radical (unpaired) electrons. The van der Waals surface area contributed by atoms with Crippen molar-refractivity contribution in [2.45, 2.75) is 19.8 Å². The second-order valence-electron chi connectivity index (χ2n) is 9.29. The molecule has 0 atom stereocenters. The van der Waals surface area contributed by atoms with E-state index in [1.165, 1.54) is 11.8 Å². The van der Waals surface area contributed by atoms with Gasteiger partial charge in [0.1, 0.15) is 0 Å². The van der Waals surface area contributed by atoms with E-state index in [4.69, 9.17) is 5.10 Å². The van der Waals surface area contributed by atoms with E-state index in [9.17, 15) is 9.59 Å². The Bertz CT molecular complexity index is 1570. The van der Waals surface area contributed by atoms with Gasteiger partial charge in [0, 0.05) is 43.5 Å². The summed E-state index contributed by atoms with van der Waals surface area (Å²) in [5.41, 5.74) is 8.29. The van der Waals surface area contributed by atoms with Crippen LogP contribution in [0, 0.1) is 6.92 Å². The minimum absolute atomic E-state index is 0.0257. The second kappa shape index (κ2) is 11.6. The number of nitrogens with one attached hydrogen (secondary N) is 2. The van der Waals surface area contributed by atoms with Crippen LogP contribution in [0.15, 0.2) is 103 Å². The molecule has 5 aromatic rings. The van der Waals surface area contributed by atoms with Gasteiger partial charge in [-0.15, -0.1) is 0 Å². The van der Waals surface area contributed by atoms with E-state index in [0.717, 1.165) is 33.8 Å². The molecule has 0 fully saturated rings. The molecule has 39 heavy (non-hydrogen) atoms. The third kappa shape index (κ3) is 6.10. The molecule has 2 aromatic heterocycles. The van der Waals surface area contributed by atoms with Crippen molar-refractivity contribution >= 4 is 17.5 Å². The fraction of sp³-hybridized carbons (Fsp3) is 0.125. The number of aryl methyl sites for hydroxylation is 2. The third-order valence-electron chi connectivity index (χ3n) is 6.51. The molecule has 0 saturated carbocycles. The average molecular weight is 516 g/mol. The zero-order valence-electron chi connectivity index (χ0n) is 21.9. The quantitative estimate of drug-likeness (QED) is 0.272. The van der Waals surface area contributed by atoms with Gasteiger partial charge < -0.3 is 10.6 Å². The Morgan fingerprint density at radius 1 is 0.846 bits per heavy atom. The molecule has 5 rings (SSSR count). The number of rotatable bonds is 8. The third-order valence-corrected chi connectivity index (χ3v) is 6.51. The molecule has 194 valence electrons. The smallest absolute Gasteiger partial charge is 0.257 e. The summed E-state index contributed by atoms with van der Waals surface area (Å²) in [4.78, 5) is 28.4. The van der Waals surface area contributed by atoms with Gasteiger partial charge in [-0.05, 0) is 60.5 Å². The van der Waals surface area contributed by atoms with Crippen LogP contribution in [0.2, 0.25) is 0 Å². The fourth-order valence-corrected chi connectivity index (χ4v) is 4.29. The zero-order valence-corrected chi connectivity index (χ0v) is 21.9. The summed E-state index contributed by atoms with van der Waals surface area (Å²) in [5, 5.41) is 10.4. The van der Waals surface area contributed by atoms with E-state index in [0.29, 0.717) is 24.1 Å². The highest BCUT2D eigenvalue weighted by Gasteiger charge is 2.14. The first-order valence-electron chi connectivity index (χ1n) is 12.8. The van der Waals surface area contributed by atoms with Crippen LogP contribution < -0.4 is 10.6 Å². The molecular weight excluding hydrogens is 486 g/mol. The molecular formula is C32H29N5O2. The lowest BCUT2D eigenvalue weighted by molar-refractivity contribution is -0.120. The van der Waals surface area contributed by atoms with Crippen molar-refractivity contribution in [2.75, 3.05) is 12.4 Å². The van der Waals surface area contributed by atoms with Gasteiger partial charge in [0.2, 0.25) is 5.91 Å². The molecule has 3 aromatic carbocycles. The Morgan fingerprint density at radius 3 is 2.15 bits per heavy atom. The maximum atomic E-state index is 12.5. The van der Waals surface area contributed by atoms with Gasteiger partial charge in [0.25, 0.3) is 5.91 Å². The van der Waals surface area contributed by atoms with Crippen LogP contribution in [0.1, 0.15) is 28.0 Å². The average Bonchev–Trinajstić information content (AvgIpc) is 3.41. The molecule has 7 nitrogen and oxygen atoms in total. The van der Waals surface area contributed by atoms with E-state index in [2.05, 4.69) is 71.1 Å². The predicted octanol–water partition coefficient (Wildman–Crippen LogP) is 5.84. The summed E-state index contributed by atoms with van der Waals surface area (Å²) in [6.45, 7) is 2.08. The van der Waals surface area contributed by atoms with Gasteiger partial charge in [-0.3, -0.25) is 14.6 Å². The lowest BCUT2D eigenvalue weighted by Crippen LogP contribution is -2.18. The Kier molecular flexibility index (Phi) is 7.59. The van der Waals surface area contributed by atoms with E-state index >= 15 is 0 Å². The van der Waals surface area contributed by atoms with Crippen LogP contribution in [0.25, 0.3) is 28.1 Å². The minimum Gasteiger partial charge on any atom is -0.359 e. The van der Waals surface area contributed by atoms with Gasteiger partial charge in [-0.25, -0.2) is 4.68 Å². The number of hydrogen-bond acceptors (Lipinski definition) is 4. The Morgan fingerprint density at radius 2 is 1.51 bits per heavy atom. The number of carbonyl (C=O) groups is 2. The molecule has 7 heteroatoms. The lowest BCUT2D eigenvalue weighted by Gasteiger charge is -2.10. The van der Waals surface area contributed by atoms with E-state index < -0.39 is 0 Å². The number of amides is 2. The fourth-order valence-electron chi connectivity index (χ4n) is 4.29. The first-order valence-corrected chi connectivity index (χ1v) is 12.8. The van der Waals surface area contributed by atoms with Gasteiger partial charge in [-0.2, -0.15) is 5.10 Å². The van der Waals surface area contributed by atoms with Crippen LogP contribution in [-0.4, -0.2) is 33.6 Å². The predicted molar refractivity (Wildman–Crippen MR) is 154 cm³/mol. The molecule has 2 amide bonds. The highest BCUT2D eigenvalue weighted by molar-refractivity contribution is 6.04. The molecule has 0 bridgehead atoms. The van der Waals surface area contributed by atoms with Crippen molar-refractivity contribution in [3.63, 3.8) is 0 Å². The minimum atomic E-state index is -0.221. The van der Waals surface area contributed by atoms with Crippen LogP contribution >= 0.6 is 0 Å². The van der Waals surface area contributed by atoms with Gasteiger partial charge >= 0.3 is 0 Å². The van der Waals surface area contributed by atoms with E-state index in [1.54, 1.807) is 25.4 Å². The maximum absolute atomic E-state index is 12.5. The highest BCUT2D eigenvalue weighted by Crippen LogP contribution is 2.28. The number of aromatic nitrogens is 3. The molecule has 0 aliphatic heterocycles. The maximum Gasteiger partial charge on any atom is 0.257 e. The summed E-state index contributed by atoms with van der Waals surface area (Å²) >= 11 is 0. The molecule has 0 saturated heterocycles. The summed E-state index contributed by atoms with van der Waals surface area (Å²) in [5.74, 6) is -0.247. The summed E-state index contributed by atoms with van der Waals surface area (Å²) < 4.78 is 1.88. The number of hydrogen-bond donors (Lipinski definition) is 2. The van der Waals surface area contributed by atoms with E-state index in [-0.39, 0.29) is 11.8 Å². The van der Waals surface area contributed by atoms with Gasteiger partial charge in [0.05, 0.1) is 22.6 Å². The number of anilines is 1. The Hall–Kier alpha value is -5.04. The molecule has 2 heterocycles. The second-order valence-corrected chi connectivity index (χ2v) is 9.29. The monoisotopic (exact) mass is 515 g/mol. The van der Waals surface area contributed by atoms with Crippen molar-refractivity contribution in [3.05, 3.63) is 120 Å². The van der Waals surface area contributed by atoms with Crippen LogP contribution in [0.5, 0.6) is 0 Å². The molecule has 0 aliphatic rings. The topological polar surface area (TPSA) is 88.9 Å². The molecule has 0 spiro atoms. The largest absolute Gasteiger partial charge is 0.359 e. The first kappa shape index (κ1) is 25.6. The summed E-state index contributed by atoms with van der Waals surface area (Å²) in [6, 6.07) is 29.9. The molecule has 2 N–H and O–H groups in total. The standard InChI is InChI=1S/C32H29N5O2/c1-22-5-7-23(8-6-22)24-9-11-25(12-10-24)30-20-28(15-18-31(38)33-2)36-37(30)29-16-13-27(14-17-29)35-32(39)26-4-3-19-34-21-26/h3-14,16-17,19-21H,15,18H2,1-2H3,(H,33,38)(H,35,39). The van der Waals surface area contributed by atoms with Crippen LogP contribution in [0.4, 0.5) is 5.69 Å². The number of nitrogens with zero attached hydrogens (tertiary/aromatic N) is 3. The van der Waals surface area contributed by atoms with Crippen LogP contribution in [-0.2, 0) is 11.2 Å². The first-order chi connectivity index (χ1) is 19.0.